The van der Waals surface area contributed by atoms with E-state index in [4.69, 9.17) is 0 Å². The number of aryl methyl sites for hydroxylation is 1. The van der Waals surface area contributed by atoms with Crippen LogP contribution in [0.1, 0.15) is 73.9 Å². The number of benzene rings is 2. The smallest absolute Gasteiger partial charge is 0.321 e. The molecule has 0 radical (unpaired) electrons. The first-order valence-electron chi connectivity index (χ1n) is 18.4. The molecule has 0 spiro atoms. The molecule has 3 amide bonds. The Labute approximate surface area is 307 Å². The molecule has 0 unspecified atom stereocenters. The van der Waals surface area contributed by atoms with E-state index in [1.807, 2.05) is 63.2 Å². The number of sulfonamides is 1. The topological polar surface area (TPSA) is 161 Å². The van der Waals surface area contributed by atoms with Crippen molar-refractivity contribution in [1.29, 1.82) is 0 Å². The van der Waals surface area contributed by atoms with Crippen LogP contribution in [0, 0.1) is 23.7 Å². The molecule has 12 nitrogen and oxygen atoms in total. The maximum Gasteiger partial charge on any atom is 0.321 e. The molecule has 1 aromatic heterocycles. The normalized spacial score (nSPS) is 17.6. The molecule has 2 fully saturated rings. The lowest BCUT2D eigenvalue weighted by Crippen LogP contribution is -2.57. The SMILES string of the molecule is CC[C@H](C)[C@@H](C(=O)N[C@@H](Cc1ccccc1)[C@H](O)CNS(=O)(=O)c1ccc(CN=O)cc1CC1CCCC1)N1CCN(Cc2cccnc2C)C1=O. The molecule has 1 saturated heterocycles. The van der Waals surface area contributed by atoms with E-state index in [9.17, 15) is 28.0 Å². The molecule has 52 heavy (non-hydrogen) atoms. The fourth-order valence-corrected chi connectivity index (χ4v) is 8.69. The number of hydrogen-bond donors (Lipinski definition) is 3. The minimum Gasteiger partial charge on any atom is -0.390 e. The molecule has 3 N–H and O–H groups in total. The van der Waals surface area contributed by atoms with Crippen molar-refractivity contribution < 1.29 is 23.1 Å². The third-order valence-electron chi connectivity index (χ3n) is 10.6. The first kappa shape index (κ1) is 39.0. The number of rotatable bonds is 18. The van der Waals surface area contributed by atoms with Crippen molar-refractivity contribution in [3.05, 3.63) is 99.7 Å². The van der Waals surface area contributed by atoms with Crippen LogP contribution in [0.2, 0.25) is 0 Å². The number of amides is 3. The lowest BCUT2D eigenvalue weighted by atomic mass is 9.95. The Hall–Kier alpha value is -4.20. The summed E-state index contributed by atoms with van der Waals surface area (Å²) in [5.41, 5.74) is 3.91. The van der Waals surface area contributed by atoms with E-state index in [1.54, 1.807) is 28.1 Å². The highest BCUT2D eigenvalue weighted by Gasteiger charge is 2.41. The molecule has 2 heterocycles. The van der Waals surface area contributed by atoms with Gasteiger partial charge in [-0.1, -0.05) is 99.7 Å². The summed E-state index contributed by atoms with van der Waals surface area (Å²) < 4.78 is 30.2. The number of urea groups is 1. The summed E-state index contributed by atoms with van der Waals surface area (Å²) in [6.45, 7) is 6.62. The van der Waals surface area contributed by atoms with Crippen LogP contribution in [-0.4, -0.2) is 78.1 Å². The van der Waals surface area contributed by atoms with Gasteiger partial charge < -0.3 is 20.2 Å². The molecule has 4 atom stereocenters. The molecule has 1 aliphatic heterocycles. The molecule has 2 aromatic carbocycles. The highest BCUT2D eigenvalue weighted by atomic mass is 32.2. The number of carbonyl (C=O) groups excluding carboxylic acids is 2. The molecule has 5 rings (SSSR count). The number of pyridine rings is 1. The van der Waals surface area contributed by atoms with Gasteiger partial charge in [0.05, 0.1) is 17.0 Å². The molecular formula is C39H52N6O6S. The van der Waals surface area contributed by atoms with Gasteiger partial charge in [-0.25, -0.2) is 17.9 Å². The lowest BCUT2D eigenvalue weighted by molar-refractivity contribution is -0.128. The van der Waals surface area contributed by atoms with Crippen LogP contribution in [0.3, 0.4) is 0 Å². The summed E-state index contributed by atoms with van der Waals surface area (Å²) in [5.74, 6) is -0.229. The van der Waals surface area contributed by atoms with Gasteiger partial charge in [-0.15, -0.1) is 0 Å². The van der Waals surface area contributed by atoms with E-state index in [1.165, 1.54) is 6.07 Å². The van der Waals surface area contributed by atoms with E-state index >= 15 is 0 Å². The number of nitrogens with zero attached hydrogens (tertiary/aromatic N) is 4. The summed E-state index contributed by atoms with van der Waals surface area (Å²) in [6.07, 6.45) is 6.12. The molecule has 1 saturated carbocycles. The second-order valence-electron chi connectivity index (χ2n) is 14.3. The zero-order valence-corrected chi connectivity index (χ0v) is 31.2. The van der Waals surface area contributed by atoms with Crippen molar-refractivity contribution in [1.82, 2.24) is 24.8 Å². The highest BCUT2D eigenvalue weighted by molar-refractivity contribution is 7.89. The van der Waals surface area contributed by atoms with Crippen LogP contribution in [-0.2, 0) is 40.7 Å². The van der Waals surface area contributed by atoms with Crippen LogP contribution in [0.15, 0.2) is 76.9 Å². The average Bonchev–Trinajstić information content (AvgIpc) is 3.78. The van der Waals surface area contributed by atoms with Gasteiger partial charge in [0, 0.05) is 38.1 Å². The van der Waals surface area contributed by atoms with Crippen LogP contribution in [0.5, 0.6) is 0 Å². The number of aliphatic hydroxyl groups excluding tert-OH is 1. The van der Waals surface area contributed by atoms with Gasteiger partial charge in [-0.3, -0.25) is 9.78 Å². The Morgan fingerprint density at radius 2 is 1.79 bits per heavy atom. The third kappa shape index (κ3) is 9.81. The summed E-state index contributed by atoms with van der Waals surface area (Å²) in [5, 5.41) is 17.6. The van der Waals surface area contributed by atoms with Crippen molar-refractivity contribution in [2.45, 2.75) is 102 Å². The van der Waals surface area contributed by atoms with E-state index in [-0.39, 0.29) is 36.4 Å². The largest absolute Gasteiger partial charge is 0.390 e. The molecule has 1 aliphatic carbocycles. The number of aliphatic hydroxyl groups is 1. The van der Waals surface area contributed by atoms with Crippen LogP contribution in [0.25, 0.3) is 0 Å². The van der Waals surface area contributed by atoms with Crippen molar-refractivity contribution >= 4 is 22.0 Å². The monoisotopic (exact) mass is 732 g/mol. The van der Waals surface area contributed by atoms with Gasteiger partial charge in [0.15, 0.2) is 0 Å². The molecule has 280 valence electrons. The van der Waals surface area contributed by atoms with Crippen LogP contribution in [0.4, 0.5) is 4.79 Å². The Balaban J connectivity index is 1.33. The van der Waals surface area contributed by atoms with Gasteiger partial charge in [0.2, 0.25) is 15.9 Å². The van der Waals surface area contributed by atoms with Crippen molar-refractivity contribution in [2.24, 2.45) is 17.0 Å². The summed E-state index contributed by atoms with van der Waals surface area (Å²) in [7, 11) is -4.08. The second-order valence-corrected chi connectivity index (χ2v) is 16.0. The maximum absolute atomic E-state index is 14.2. The standard InChI is InChI=1S/C39H52N6O6S/c1-4-27(2)37(45-20-19-44(39(45)48)26-32-15-10-18-40-28(32)3)38(47)43-34(23-30-11-6-5-7-12-30)35(46)25-42-52(50,51)36-17-16-31(24-41-49)22-33(36)21-29-13-8-9-14-29/h5-7,10-12,15-18,22,27,29,34-35,37,42,46H,4,8-9,13-14,19-21,23-26H2,1-3H3,(H,43,47)/t27-,34-,35+,37-/m0/s1. The van der Waals surface area contributed by atoms with Crippen molar-refractivity contribution in [2.75, 3.05) is 19.6 Å². The fraction of sp³-hybridized carbons (Fsp3) is 0.513. The van der Waals surface area contributed by atoms with Gasteiger partial charge in [0.25, 0.3) is 0 Å². The van der Waals surface area contributed by atoms with Gasteiger partial charge in [-0.05, 0) is 66.0 Å². The predicted molar refractivity (Wildman–Crippen MR) is 200 cm³/mol. The Morgan fingerprint density at radius 1 is 1.04 bits per heavy atom. The van der Waals surface area contributed by atoms with Crippen molar-refractivity contribution in [3.8, 4) is 0 Å². The molecular weight excluding hydrogens is 681 g/mol. The fourth-order valence-electron chi connectivity index (χ4n) is 7.41. The first-order chi connectivity index (χ1) is 25.0. The van der Waals surface area contributed by atoms with Gasteiger partial charge >= 0.3 is 6.03 Å². The Morgan fingerprint density at radius 3 is 2.48 bits per heavy atom. The van der Waals surface area contributed by atoms with Crippen molar-refractivity contribution in [3.63, 3.8) is 0 Å². The number of carbonyl (C=O) groups is 2. The minimum absolute atomic E-state index is 0.0477. The van der Waals surface area contributed by atoms with E-state index in [2.05, 4.69) is 20.2 Å². The number of nitroso groups, excluding NO2 is 1. The predicted octanol–water partition coefficient (Wildman–Crippen LogP) is 5.11. The molecule has 0 bridgehead atoms. The summed E-state index contributed by atoms with van der Waals surface area (Å²) in [4.78, 5) is 46.7. The van der Waals surface area contributed by atoms with E-state index in [0.29, 0.717) is 49.5 Å². The second kappa shape index (κ2) is 18.0. The Kier molecular flexibility index (Phi) is 13.5. The van der Waals surface area contributed by atoms with E-state index in [0.717, 1.165) is 42.5 Å². The Bertz CT molecular complexity index is 1780. The average molecular weight is 733 g/mol. The van der Waals surface area contributed by atoms with Gasteiger partial charge in [-0.2, -0.15) is 4.91 Å². The van der Waals surface area contributed by atoms with Crippen LogP contribution >= 0.6 is 0 Å². The van der Waals surface area contributed by atoms with Gasteiger partial charge in [0.1, 0.15) is 12.6 Å². The van der Waals surface area contributed by atoms with Crippen LogP contribution < -0.4 is 10.0 Å². The quantitative estimate of drug-likeness (QED) is 0.153. The molecule has 3 aromatic rings. The first-order valence-corrected chi connectivity index (χ1v) is 19.9. The number of nitrogens with one attached hydrogen (secondary N) is 2. The lowest BCUT2D eigenvalue weighted by Gasteiger charge is -2.34. The third-order valence-corrected chi connectivity index (χ3v) is 12.1. The molecule has 13 heteroatoms. The number of hydrogen-bond acceptors (Lipinski definition) is 8. The zero-order valence-electron chi connectivity index (χ0n) is 30.4. The highest BCUT2D eigenvalue weighted by Crippen LogP contribution is 2.31. The summed E-state index contributed by atoms with van der Waals surface area (Å²) in [6, 6.07) is 16.1. The zero-order chi connectivity index (χ0) is 37.3. The van der Waals surface area contributed by atoms with E-state index < -0.39 is 34.1 Å². The number of aromatic nitrogens is 1. The summed E-state index contributed by atoms with van der Waals surface area (Å²) >= 11 is 0. The molecule has 2 aliphatic rings. The minimum atomic E-state index is -4.08. The maximum atomic E-state index is 14.2.